The van der Waals surface area contributed by atoms with Gasteiger partial charge >= 0.3 is 11.9 Å². The number of ketones is 1. The number of fused-ring (bicyclic) bond motifs is 1. The molecule has 4 aromatic rings. The van der Waals surface area contributed by atoms with Crippen molar-refractivity contribution >= 4 is 51.6 Å². The highest BCUT2D eigenvalue weighted by molar-refractivity contribution is 8.00. The smallest absolute Gasteiger partial charge is 0.337 e. The van der Waals surface area contributed by atoms with Gasteiger partial charge in [-0.25, -0.2) is 4.79 Å². The van der Waals surface area contributed by atoms with Crippen molar-refractivity contribution in [1.29, 1.82) is 0 Å². The van der Waals surface area contributed by atoms with Gasteiger partial charge in [0.1, 0.15) is 17.6 Å². The highest BCUT2D eigenvalue weighted by Gasteiger charge is 2.48. The molecule has 6 rings (SSSR count). The predicted octanol–water partition coefficient (Wildman–Crippen LogP) is 5.57. The first-order chi connectivity index (χ1) is 20.3. The van der Waals surface area contributed by atoms with Crippen molar-refractivity contribution in [2.75, 3.05) is 12.0 Å². The molecule has 0 spiro atoms. The van der Waals surface area contributed by atoms with Crippen molar-refractivity contribution in [3.05, 3.63) is 106 Å². The number of thioether (sulfide) groups is 1. The lowest BCUT2D eigenvalue weighted by molar-refractivity contribution is -0.132. The van der Waals surface area contributed by atoms with Crippen LogP contribution >= 0.6 is 23.1 Å². The number of aromatic nitrogens is 2. The highest BCUT2D eigenvalue weighted by atomic mass is 32.2. The summed E-state index contributed by atoms with van der Waals surface area (Å²) in [6, 6.07) is 20.5. The van der Waals surface area contributed by atoms with Crippen LogP contribution in [0, 0.1) is 0 Å². The second-order valence-electron chi connectivity index (χ2n) is 9.86. The van der Waals surface area contributed by atoms with Crippen LogP contribution in [0.2, 0.25) is 0 Å². The first kappa shape index (κ1) is 27.7. The van der Waals surface area contributed by atoms with Gasteiger partial charge in [-0.05, 0) is 53.9 Å². The Morgan fingerprint density at radius 2 is 1.81 bits per heavy atom. The fourth-order valence-corrected chi connectivity index (χ4v) is 6.89. The molecule has 0 aliphatic carbocycles. The molecule has 42 heavy (non-hydrogen) atoms. The number of esters is 1. The van der Waals surface area contributed by atoms with Gasteiger partial charge in [0, 0.05) is 17.7 Å². The van der Waals surface area contributed by atoms with E-state index in [0.717, 1.165) is 16.9 Å². The van der Waals surface area contributed by atoms with Gasteiger partial charge in [-0.3, -0.25) is 14.5 Å². The first-order valence-corrected chi connectivity index (χ1v) is 14.9. The quantitative estimate of drug-likeness (QED) is 0.0727. The Hall–Kier alpha value is -4.48. The van der Waals surface area contributed by atoms with E-state index in [2.05, 4.69) is 10.2 Å². The molecule has 0 radical (unpaired) electrons. The summed E-state index contributed by atoms with van der Waals surface area (Å²) in [5.41, 5.74) is 3.16. The third kappa shape index (κ3) is 5.17. The summed E-state index contributed by atoms with van der Waals surface area (Å²) in [4.78, 5) is 40.4. The van der Waals surface area contributed by atoms with Crippen molar-refractivity contribution in [3.63, 3.8) is 0 Å². The lowest BCUT2D eigenvalue weighted by Gasteiger charge is -2.22. The first-order valence-electron chi connectivity index (χ1n) is 13.1. The molecule has 3 heterocycles. The van der Waals surface area contributed by atoms with Crippen LogP contribution < -0.4 is 9.64 Å². The zero-order chi connectivity index (χ0) is 29.4. The molecular weight excluding hydrogens is 574 g/mol. The fraction of sp³-hybridized carbons (Fsp3) is 0.194. The number of hydrogen-bond donors (Lipinski definition) is 1. The van der Waals surface area contributed by atoms with Crippen LogP contribution in [0.25, 0.3) is 5.76 Å². The van der Waals surface area contributed by atoms with Crippen molar-refractivity contribution < 1.29 is 29.0 Å². The maximum absolute atomic E-state index is 13.6. The van der Waals surface area contributed by atoms with Crippen molar-refractivity contribution in [3.8, 4) is 5.75 Å². The van der Waals surface area contributed by atoms with Crippen LogP contribution in [0.3, 0.4) is 0 Å². The maximum Gasteiger partial charge on any atom is 0.337 e. The summed E-state index contributed by atoms with van der Waals surface area (Å²) in [5.74, 6) is -1.10. The molecule has 0 unspecified atom stereocenters. The lowest BCUT2D eigenvalue weighted by Crippen LogP contribution is -2.29. The number of anilines is 1. The van der Waals surface area contributed by atoms with E-state index in [4.69, 9.17) is 9.47 Å². The van der Waals surface area contributed by atoms with Crippen LogP contribution in [-0.4, -0.2) is 46.2 Å². The van der Waals surface area contributed by atoms with E-state index < -0.39 is 23.7 Å². The number of nitrogens with zero attached hydrogens (tertiary/aromatic N) is 3. The zero-order valence-electron chi connectivity index (χ0n) is 22.6. The molecule has 1 amide bonds. The number of carbonyl (C=O) groups is 3. The molecule has 11 heteroatoms. The number of Topliss-reactive ketones (excluding diaryl/α,β-unsaturated/α-hetero) is 1. The second kappa shape index (κ2) is 11.4. The van der Waals surface area contributed by atoms with Crippen LogP contribution in [0.1, 0.15) is 45.6 Å². The van der Waals surface area contributed by atoms with Gasteiger partial charge in [0.05, 0.1) is 24.3 Å². The molecule has 1 N–H and O–H groups in total. The number of benzene rings is 3. The molecule has 2 aliphatic rings. The number of methoxy groups -OCH3 is 1. The van der Waals surface area contributed by atoms with Crippen LogP contribution in [0.15, 0.2) is 82.7 Å². The largest absolute Gasteiger partial charge is 0.507 e. The van der Waals surface area contributed by atoms with E-state index in [-0.39, 0.29) is 22.6 Å². The van der Waals surface area contributed by atoms with Gasteiger partial charge in [0.15, 0.2) is 4.34 Å². The average Bonchev–Trinajstić information content (AvgIpc) is 3.70. The average molecular weight is 600 g/mol. The minimum atomic E-state index is -1.000. The lowest BCUT2D eigenvalue weighted by atomic mass is 9.94. The molecule has 0 bridgehead atoms. The van der Waals surface area contributed by atoms with E-state index in [1.807, 2.05) is 37.3 Å². The van der Waals surface area contributed by atoms with E-state index in [1.165, 1.54) is 35.1 Å². The summed E-state index contributed by atoms with van der Waals surface area (Å²) < 4.78 is 11.2. The van der Waals surface area contributed by atoms with E-state index in [0.29, 0.717) is 33.2 Å². The van der Waals surface area contributed by atoms with E-state index >= 15 is 0 Å². The van der Waals surface area contributed by atoms with E-state index in [1.54, 1.807) is 42.5 Å². The van der Waals surface area contributed by atoms with E-state index in [9.17, 15) is 19.5 Å². The van der Waals surface area contributed by atoms with Gasteiger partial charge in [-0.1, -0.05) is 65.6 Å². The second-order valence-corrected chi connectivity index (χ2v) is 12.0. The van der Waals surface area contributed by atoms with Crippen LogP contribution in [-0.2, 0) is 26.5 Å². The van der Waals surface area contributed by atoms with Gasteiger partial charge in [-0.2, -0.15) is 0 Å². The summed E-state index contributed by atoms with van der Waals surface area (Å²) in [6.45, 7) is 1.96. The SMILES string of the molecule is COC(=O)c1ccc([C@@H]2/C(=C(\O)c3ccc4c(c3)C[C@H](C)O4)C(=O)C(=O)N2c2nnc(SCc3ccccc3)s2)cc1. The number of ether oxygens (including phenoxy) is 2. The van der Waals surface area contributed by atoms with Crippen molar-refractivity contribution in [1.82, 2.24) is 10.2 Å². The monoisotopic (exact) mass is 599 g/mol. The maximum atomic E-state index is 13.6. The molecule has 9 nitrogen and oxygen atoms in total. The number of carbonyl (C=O) groups excluding carboxylic acids is 3. The Balaban J connectivity index is 1.40. The molecule has 1 aromatic heterocycles. The van der Waals surface area contributed by atoms with Crippen LogP contribution in [0.4, 0.5) is 5.13 Å². The molecule has 3 aromatic carbocycles. The van der Waals surface area contributed by atoms with Crippen molar-refractivity contribution in [2.24, 2.45) is 0 Å². The summed E-state index contributed by atoms with van der Waals surface area (Å²) in [7, 11) is 1.29. The molecule has 2 aliphatic heterocycles. The number of hydrogen-bond acceptors (Lipinski definition) is 10. The molecule has 1 saturated heterocycles. The highest BCUT2D eigenvalue weighted by Crippen LogP contribution is 2.44. The molecule has 0 saturated carbocycles. The standard InChI is InChI=1S/C31H25N3O6S2/c1-17-14-22-15-21(12-13-23(22)40-17)26(35)24-25(19-8-10-20(11-9-19)29(38)39-2)34(28(37)27(24)36)30-32-33-31(42-30)41-16-18-6-4-3-5-7-18/h3-13,15,17,25,35H,14,16H2,1-2H3/b26-24+/t17-,25+/m0/s1. The number of amides is 1. The fourth-order valence-electron chi connectivity index (χ4n) is 5.07. The molecule has 1 fully saturated rings. The molecule has 2 atom stereocenters. The minimum Gasteiger partial charge on any atom is -0.507 e. The van der Waals surface area contributed by atoms with Gasteiger partial charge in [0.25, 0.3) is 5.78 Å². The molecule has 212 valence electrons. The molecular formula is C31H25N3O6S2. The number of rotatable bonds is 7. The third-order valence-corrected chi connectivity index (χ3v) is 9.20. The van der Waals surface area contributed by atoms with Crippen LogP contribution in [0.5, 0.6) is 5.75 Å². The third-order valence-electron chi connectivity index (χ3n) is 7.07. The zero-order valence-corrected chi connectivity index (χ0v) is 24.3. The Bertz CT molecular complexity index is 1720. The summed E-state index contributed by atoms with van der Waals surface area (Å²) in [5, 5.41) is 20.3. The Labute approximate surface area is 249 Å². The van der Waals surface area contributed by atoms with Gasteiger partial charge < -0.3 is 14.6 Å². The Morgan fingerprint density at radius 1 is 1.07 bits per heavy atom. The minimum absolute atomic E-state index is 0.00246. The number of aliphatic hydroxyl groups excluding tert-OH is 1. The number of aliphatic hydroxyl groups is 1. The Morgan fingerprint density at radius 3 is 2.55 bits per heavy atom. The predicted molar refractivity (Wildman–Crippen MR) is 159 cm³/mol. The summed E-state index contributed by atoms with van der Waals surface area (Å²) in [6.07, 6.45) is 0.667. The van der Waals surface area contributed by atoms with Gasteiger partial charge in [-0.15, -0.1) is 10.2 Å². The van der Waals surface area contributed by atoms with Gasteiger partial charge in [0.2, 0.25) is 5.13 Å². The Kier molecular flexibility index (Phi) is 7.53. The summed E-state index contributed by atoms with van der Waals surface area (Å²) >= 11 is 2.66. The van der Waals surface area contributed by atoms with Crippen molar-refractivity contribution in [2.45, 2.75) is 35.6 Å². The normalized spacial score (nSPS) is 19.0. The topological polar surface area (TPSA) is 119 Å².